The van der Waals surface area contributed by atoms with Gasteiger partial charge in [0.1, 0.15) is 5.76 Å². The molecule has 0 amide bonds. The summed E-state index contributed by atoms with van der Waals surface area (Å²) in [5.74, 6) is 1.09. The lowest BCUT2D eigenvalue weighted by Crippen LogP contribution is -2.37. The normalized spacial score (nSPS) is 21.8. The minimum atomic E-state index is 0.127. The highest BCUT2D eigenvalue weighted by Crippen LogP contribution is 2.21. The smallest absolute Gasteiger partial charge is 0.122 e. The summed E-state index contributed by atoms with van der Waals surface area (Å²) in [7, 11) is 0. The molecule has 1 aliphatic rings. The summed E-state index contributed by atoms with van der Waals surface area (Å²) in [6.07, 6.45) is 5.86. The molecule has 2 rings (SSSR count). The van der Waals surface area contributed by atoms with Gasteiger partial charge in [0.2, 0.25) is 0 Å². The second kappa shape index (κ2) is 6.10. The molecule has 0 spiro atoms. The van der Waals surface area contributed by atoms with Gasteiger partial charge < -0.3 is 9.73 Å². The fourth-order valence-corrected chi connectivity index (χ4v) is 2.62. The van der Waals surface area contributed by atoms with E-state index in [0.29, 0.717) is 6.04 Å². The molecule has 1 N–H and O–H groups in total. The lowest BCUT2D eigenvalue weighted by Gasteiger charge is -2.33. The number of rotatable bonds is 4. The van der Waals surface area contributed by atoms with E-state index in [0.717, 1.165) is 18.8 Å². The minimum Gasteiger partial charge on any atom is -0.468 e. The number of hydrogen-bond donors (Lipinski definition) is 1. The first kappa shape index (κ1) is 14.6. The molecule has 3 nitrogen and oxygen atoms in total. The van der Waals surface area contributed by atoms with E-state index in [1.54, 1.807) is 0 Å². The molecule has 1 atom stereocenters. The van der Waals surface area contributed by atoms with Crippen molar-refractivity contribution in [2.45, 2.75) is 71.6 Å². The number of hydrogen-bond acceptors (Lipinski definition) is 3. The van der Waals surface area contributed by atoms with Crippen molar-refractivity contribution in [3.63, 3.8) is 0 Å². The summed E-state index contributed by atoms with van der Waals surface area (Å²) in [5, 5.41) is 3.50. The van der Waals surface area contributed by atoms with Crippen LogP contribution in [0.5, 0.6) is 0 Å². The third-order valence-electron chi connectivity index (χ3n) is 3.93. The maximum Gasteiger partial charge on any atom is 0.122 e. The van der Waals surface area contributed by atoms with Crippen LogP contribution in [0.3, 0.4) is 0 Å². The predicted molar refractivity (Wildman–Crippen MR) is 79.0 cm³/mol. The van der Waals surface area contributed by atoms with Gasteiger partial charge in [-0.05, 0) is 53.1 Å². The number of nitrogens with zero attached hydrogens (tertiary/aromatic N) is 1. The molecule has 0 aromatic carbocycles. The fraction of sp³-hybridized carbons (Fsp3) is 0.750. The van der Waals surface area contributed by atoms with Crippen molar-refractivity contribution in [2.24, 2.45) is 0 Å². The number of likely N-dealkylation sites (tertiary alicyclic amines) is 1. The summed E-state index contributed by atoms with van der Waals surface area (Å²) in [6, 6.07) is 2.83. The Hall–Kier alpha value is -0.800. The highest BCUT2D eigenvalue weighted by atomic mass is 16.3. The maximum absolute atomic E-state index is 5.65. The molecule has 1 fully saturated rings. The van der Waals surface area contributed by atoms with Gasteiger partial charge >= 0.3 is 0 Å². The zero-order valence-corrected chi connectivity index (χ0v) is 12.8. The molecule has 1 aromatic heterocycles. The quantitative estimate of drug-likeness (QED) is 0.901. The zero-order chi connectivity index (χ0) is 13.9. The van der Waals surface area contributed by atoms with Crippen molar-refractivity contribution in [1.82, 2.24) is 10.2 Å². The van der Waals surface area contributed by atoms with Crippen LogP contribution in [-0.2, 0) is 13.1 Å². The van der Waals surface area contributed by atoms with Crippen molar-refractivity contribution in [2.75, 3.05) is 6.54 Å². The predicted octanol–water partition coefficient (Wildman–Crippen LogP) is 3.54. The molecular weight excluding hydrogens is 236 g/mol. The van der Waals surface area contributed by atoms with Crippen LogP contribution < -0.4 is 5.32 Å². The largest absolute Gasteiger partial charge is 0.468 e. The summed E-state index contributed by atoms with van der Waals surface area (Å²) in [4.78, 5) is 2.58. The van der Waals surface area contributed by atoms with Gasteiger partial charge in [0, 0.05) is 23.7 Å². The van der Waals surface area contributed by atoms with Gasteiger partial charge in [0.25, 0.3) is 0 Å². The van der Waals surface area contributed by atoms with Gasteiger partial charge in [0.05, 0.1) is 12.8 Å². The fourth-order valence-electron chi connectivity index (χ4n) is 2.62. The molecule has 1 aromatic rings. The molecule has 1 saturated heterocycles. The van der Waals surface area contributed by atoms with Crippen molar-refractivity contribution in [3.05, 3.63) is 23.7 Å². The summed E-state index contributed by atoms with van der Waals surface area (Å²) in [5.41, 5.74) is 1.47. The first-order chi connectivity index (χ1) is 8.96. The minimum absolute atomic E-state index is 0.127. The molecule has 3 heteroatoms. The highest BCUT2D eigenvalue weighted by molar-refractivity contribution is 5.17. The molecule has 1 aliphatic heterocycles. The van der Waals surface area contributed by atoms with Crippen LogP contribution in [0.1, 0.15) is 58.3 Å². The lowest BCUT2D eigenvalue weighted by molar-refractivity contribution is 0.151. The van der Waals surface area contributed by atoms with Gasteiger partial charge in [-0.3, -0.25) is 4.90 Å². The van der Waals surface area contributed by atoms with E-state index in [4.69, 9.17) is 4.42 Å². The van der Waals surface area contributed by atoms with E-state index in [-0.39, 0.29) is 5.54 Å². The van der Waals surface area contributed by atoms with Crippen LogP contribution in [0.4, 0.5) is 0 Å². The highest BCUT2D eigenvalue weighted by Gasteiger charge is 2.20. The average Bonchev–Trinajstić information content (AvgIpc) is 2.76. The van der Waals surface area contributed by atoms with Gasteiger partial charge in [-0.25, -0.2) is 0 Å². The summed E-state index contributed by atoms with van der Waals surface area (Å²) in [6.45, 7) is 11.9. The molecule has 0 radical (unpaired) electrons. The van der Waals surface area contributed by atoms with E-state index < -0.39 is 0 Å². The van der Waals surface area contributed by atoms with Gasteiger partial charge in [-0.15, -0.1) is 0 Å². The second-order valence-corrected chi connectivity index (χ2v) is 6.79. The van der Waals surface area contributed by atoms with Crippen molar-refractivity contribution in [3.8, 4) is 0 Å². The molecule has 0 bridgehead atoms. The Morgan fingerprint density at radius 2 is 2.16 bits per heavy atom. The topological polar surface area (TPSA) is 28.4 Å². The third-order valence-corrected chi connectivity index (χ3v) is 3.93. The van der Waals surface area contributed by atoms with Crippen LogP contribution >= 0.6 is 0 Å². The number of piperidine rings is 1. The second-order valence-electron chi connectivity index (χ2n) is 6.79. The number of nitrogens with one attached hydrogen (secondary N) is 1. The Morgan fingerprint density at radius 3 is 2.84 bits per heavy atom. The van der Waals surface area contributed by atoms with E-state index in [9.17, 15) is 0 Å². The Balaban J connectivity index is 1.95. The van der Waals surface area contributed by atoms with Gasteiger partial charge in [-0.2, -0.15) is 0 Å². The molecule has 0 saturated carbocycles. The Kier molecular flexibility index (Phi) is 4.69. The Labute approximate surface area is 117 Å². The lowest BCUT2D eigenvalue weighted by atomic mass is 10.0. The first-order valence-corrected chi connectivity index (χ1v) is 7.50. The Morgan fingerprint density at radius 1 is 1.37 bits per heavy atom. The standard InChI is InChI=1S/C16H28N2O/c1-13-7-5-6-9-18(13)12-14-8-10-19-15(14)11-17-16(2,3)4/h8,10,13,17H,5-7,9,11-12H2,1-4H3. The molecule has 108 valence electrons. The van der Waals surface area contributed by atoms with Gasteiger partial charge in [0.15, 0.2) is 0 Å². The molecule has 1 unspecified atom stereocenters. The van der Waals surface area contributed by atoms with Crippen molar-refractivity contribution in [1.29, 1.82) is 0 Å². The van der Waals surface area contributed by atoms with Crippen LogP contribution in [0.2, 0.25) is 0 Å². The molecule has 0 aliphatic carbocycles. The van der Waals surface area contributed by atoms with E-state index >= 15 is 0 Å². The van der Waals surface area contributed by atoms with Crippen LogP contribution in [0.25, 0.3) is 0 Å². The summed E-state index contributed by atoms with van der Waals surface area (Å²) >= 11 is 0. The van der Waals surface area contributed by atoms with Gasteiger partial charge in [-0.1, -0.05) is 6.42 Å². The van der Waals surface area contributed by atoms with Crippen LogP contribution in [0, 0.1) is 0 Å². The third kappa shape index (κ3) is 4.36. The molecule has 2 heterocycles. The van der Waals surface area contributed by atoms with Crippen LogP contribution in [0.15, 0.2) is 16.7 Å². The van der Waals surface area contributed by atoms with Crippen LogP contribution in [-0.4, -0.2) is 23.0 Å². The van der Waals surface area contributed by atoms with E-state index in [1.807, 2.05) is 6.26 Å². The Bertz CT molecular complexity index is 392. The first-order valence-electron chi connectivity index (χ1n) is 7.50. The maximum atomic E-state index is 5.65. The molecule has 19 heavy (non-hydrogen) atoms. The summed E-state index contributed by atoms with van der Waals surface area (Å²) < 4.78 is 5.65. The average molecular weight is 264 g/mol. The van der Waals surface area contributed by atoms with E-state index in [2.05, 4.69) is 44.0 Å². The zero-order valence-electron chi connectivity index (χ0n) is 12.8. The molecular formula is C16H28N2O. The number of furan rings is 1. The van der Waals surface area contributed by atoms with Crippen molar-refractivity contribution < 1.29 is 4.42 Å². The van der Waals surface area contributed by atoms with Crippen molar-refractivity contribution >= 4 is 0 Å². The van der Waals surface area contributed by atoms with E-state index in [1.165, 1.54) is 31.4 Å². The SMILES string of the molecule is CC1CCCCN1Cc1ccoc1CNC(C)(C)C. The monoisotopic (exact) mass is 264 g/mol.